The van der Waals surface area contributed by atoms with E-state index in [0.29, 0.717) is 13.2 Å². The van der Waals surface area contributed by atoms with Crippen LogP contribution >= 0.6 is 0 Å². The number of phenolic OH excluding ortho intramolecular Hbond substituents is 1. The Labute approximate surface area is 101 Å². The van der Waals surface area contributed by atoms with Crippen molar-refractivity contribution in [2.75, 3.05) is 19.8 Å². The Morgan fingerprint density at radius 3 is 2.59 bits per heavy atom. The minimum absolute atomic E-state index is 0.205. The fourth-order valence-electron chi connectivity index (χ4n) is 1.50. The number of rotatable bonds is 8. The summed E-state index contributed by atoms with van der Waals surface area (Å²) in [4.78, 5) is 0. The van der Waals surface area contributed by atoms with E-state index >= 15 is 0 Å². The number of aliphatic hydroxyl groups is 1. The van der Waals surface area contributed by atoms with Gasteiger partial charge in [0.1, 0.15) is 0 Å². The summed E-state index contributed by atoms with van der Waals surface area (Å²) < 4.78 is 18.3. The van der Waals surface area contributed by atoms with Crippen molar-refractivity contribution < 1.29 is 19.3 Å². The zero-order chi connectivity index (χ0) is 12.5. The Bertz CT molecular complexity index is 328. The monoisotopic (exact) mass is 242 g/mol. The van der Waals surface area contributed by atoms with Gasteiger partial charge in [0.15, 0.2) is 11.6 Å². The molecule has 0 atom stereocenters. The smallest absolute Gasteiger partial charge is 0.165 e. The van der Waals surface area contributed by atoms with Gasteiger partial charge in [-0.25, -0.2) is 4.39 Å². The van der Waals surface area contributed by atoms with Crippen LogP contribution in [0.1, 0.15) is 24.8 Å². The second kappa shape index (κ2) is 8.03. The van der Waals surface area contributed by atoms with Crippen LogP contribution in [0.2, 0.25) is 0 Å². The largest absolute Gasteiger partial charge is 0.505 e. The first-order chi connectivity index (χ1) is 8.24. The molecule has 0 saturated heterocycles. The molecule has 0 heterocycles. The van der Waals surface area contributed by atoms with Gasteiger partial charge in [-0.05, 0) is 43.4 Å². The van der Waals surface area contributed by atoms with E-state index in [1.165, 1.54) is 12.1 Å². The van der Waals surface area contributed by atoms with Crippen molar-refractivity contribution >= 4 is 0 Å². The highest BCUT2D eigenvalue weighted by Gasteiger charge is 2.01. The summed E-state index contributed by atoms with van der Waals surface area (Å²) in [7, 11) is 0. The predicted molar refractivity (Wildman–Crippen MR) is 63.5 cm³/mol. The van der Waals surface area contributed by atoms with Crippen LogP contribution < -0.4 is 0 Å². The molecule has 0 aliphatic heterocycles. The van der Waals surface area contributed by atoms with Crippen LogP contribution in [0.3, 0.4) is 0 Å². The Morgan fingerprint density at radius 1 is 1.12 bits per heavy atom. The lowest BCUT2D eigenvalue weighted by atomic mass is 10.1. The van der Waals surface area contributed by atoms with E-state index in [0.717, 1.165) is 31.2 Å². The highest BCUT2D eigenvalue weighted by molar-refractivity contribution is 5.27. The van der Waals surface area contributed by atoms with Gasteiger partial charge >= 0.3 is 0 Å². The Morgan fingerprint density at radius 2 is 1.88 bits per heavy atom. The molecular weight excluding hydrogens is 223 g/mol. The van der Waals surface area contributed by atoms with Gasteiger partial charge in [-0.2, -0.15) is 0 Å². The molecular formula is C13H19FO3. The molecule has 17 heavy (non-hydrogen) atoms. The lowest BCUT2D eigenvalue weighted by Gasteiger charge is -2.04. The molecule has 2 N–H and O–H groups in total. The van der Waals surface area contributed by atoms with Crippen LogP contribution in [0.25, 0.3) is 0 Å². The average molecular weight is 242 g/mol. The second-order valence-electron chi connectivity index (χ2n) is 3.93. The number of hydrogen-bond acceptors (Lipinski definition) is 3. The van der Waals surface area contributed by atoms with Crippen molar-refractivity contribution in [2.24, 2.45) is 0 Å². The first-order valence-corrected chi connectivity index (χ1v) is 5.90. The lowest BCUT2D eigenvalue weighted by molar-refractivity contribution is 0.123. The third-order valence-corrected chi connectivity index (χ3v) is 2.46. The molecule has 0 saturated carbocycles. The van der Waals surface area contributed by atoms with Gasteiger partial charge in [0.25, 0.3) is 0 Å². The molecule has 0 aliphatic rings. The van der Waals surface area contributed by atoms with Crippen molar-refractivity contribution in [1.82, 2.24) is 0 Å². The fourth-order valence-corrected chi connectivity index (χ4v) is 1.50. The maximum Gasteiger partial charge on any atom is 0.165 e. The van der Waals surface area contributed by atoms with Crippen molar-refractivity contribution in [3.63, 3.8) is 0 Å². The maximum atomic E-state index is 13.0. The van der Waals surface area contributed by atoms with Gasteiger partial charge in [0.05, 0.1) is 0 Å². The van der Waals surface area contributed by atoms with Gasteiger partial charge in [-0.15, -0.1) is 0 Å². The first kappa shape index (κ1) is 13.9. The summed E-state index contributed by atoms with van der Waals surface area (Å²) in [5, 5.41) is 17.6. The normalized spacial score (nSPS) is 10.7. The second-order valence-corrected chi connectivity index (χ2v) is 3.93. The molecule has 96 valence electrons. The number of ether oxygens (including phenoxy) is 1. The van der Waals surface area contributed by atoms with Gasteiger partial charge in [-0.1, -0.05) is 6.07 Å². The molecule has 0 bridgehead atoms. The van der Waals surface area contributed by atoms with E-state index in [9.17, 15) is 4.39 Å². The van der Waals surface area contributed by atoms with E-state index < -0.39 is 5.82 Å². The highest BCUT2D eigenvalue weighted by atomic mass is 19.1. The number of hydrogen-bond donors (Lipinski definition) is 2. The van der Waals surface area contributed by atoms with Crippen LogP contribution in [-0.2, 0) is 11.2 Å². The summed E-state index contributed by atoms with van der Waals surface area (Å²) in [6.45, 7) is 1.49. The third-order valence-electron chi connectivity index (χ3n) is 2.46. The minimum atomic E-state index is -0.577. The number of aliphatic hydroxyl groups excluding tert-OH is 1. The van der Waals surface area contributed by atoms with Crippen LogP contribution in [0.4, 0.5) is 4.39 Å². The summed E-state index contributed by atoms with van der Waals surface area (Å²) in [5.74, 6) is -0.889. The molecule has 4 heteroatoms. The molecule has 1 aromatic carbocycles. The zero-order valence-corrected chi connectivity index (χ0v) is 9.86. The molecule has 3 nitrogen and oxygen atoms in total. The van der Waals surface area contributed by atoms with Crippen molar-refractivity contribution in [2.45, 2.75) is 25.7 Å². The molecule has 0 fully saturated rings. The van der Waals surface area contributed by atoms with Gasteiger partial charge in [-0.3, -0.25) is 0 Å². The Kier molecular flexibility index (Phi) is 6.58. The van der Waals surface area contributed by atoms with Crippen LogP contribution in [0.15, 0.2) is 18.2 Å². The number of halogens is 1. The highest BCUT2D eigenvalue weighted by Crippen LogP contribution is 2.16. The fraction of sp³-hybridized carbons (Fsp3) is 0.538. The van der Waals surface area contributed by atoms with E-state index in [4.69, 9.17) is 14.9 Å². The number of aryl methyl sites for hydroxylation is 1. The Balaban J connectivity index is 2.11. The van der Waals surface area contributed by atoms with Crippen molar-refractivity contribution in [1.29, 1.82) is 0 Å². The van der Waals surface area contributed by atoms with Crippen LogP contribution in [-0.4, -0.2) is 30.0 Å². The van der Waals surface area contributed by atoms with E-state index in [2.05, 4.69) is 0 Å². The van der Waals surface area contributed by atoms with Gasteiger partial charge < -0.3 is 14.9 Å². The zero-order valence-electron chi connectivity index (χ0n) is 9.86. The topological polar surface area (TPSA) is 49.7 Å². The molecule has 0 radical (unpaired) electrons. The summed E-state index contributed by atoms with van der Waals surface area (Å²) >= 11 is 0. The minimum Gasteiger partial charge on any atom is -0.505 e. The Hall–Kier alpha value is -1.13. The van der Waals surface area contributed by atoms with Crippen molar-refractivity contribution in [3.8, 4) is 5.75 Å². The van der Waals surface area contributed by atoms with E-state index in [-0.39, 0.29) is 12.4 Å². The maximum absolute atomic E-state index is 13.0. The van der Waals surface area contributed by atoms with Crippen LogP contribution in [0.5, 0.6) is 5.75 Å². The molecule has 0 aromatic heterocycles. The summed E-state index contributed by atoms with van der Waals surface area (Å²) in [6.07, 6.45) is 3.19. The third kappa shape index (κ3) is 5.65. The molecule has 1 rings (SSSR count). The predicted octanol–water partition coefficient (Wildman–Crippen LogP) is 2.25. The SMILES string of the molecule is OCCCCOCCCc1ccc(O)c(F)c1. The number of unbranched alkanes of at least 4 members (excludes halogenated alkanes) is 1. The van der Waals surface area contributed by atoms with Crippen molar-refractivity contribution in [3.05, 3.63) is 29.6 Å². The molecule has 0 spiro atoms. The summed E-state index contributed by atoms with van der Waals surface area (Å²) in [5.41, 5.74) is 0.860. The quantitative estimate of drug-likeness (QED) is 0.687. The molecule has 0 unspecified atom stereocenters. The molecule has 0 aliphatic carbocycles. The summed E-state index contributed by atoms with van der Waals surface area (Å²) in [6, 6.07) is 4.43. The van der Waals surface area contributed by atoms with Crippen LogP contribution in [0, 0.1) is 5.82 Å². The molecule has 1 aromatic rings. The first-order valence-electron chi connectivity index (χ1n) is 5.90. The lowest BCUT2D eigenvalue weighted by Crippen LogP contribution is -1.99. The number of benzene rings is 1. The van der Waals surface area contributed by atoms with Gasteiger partial charge in [0.2, 0.25) is 0 Å². The average Bonchev–Trinajstić information content (AvgIpc) is 2.32. The molecule has 0 amide bonds. The number of aromatic hydroxyl groups is 1. The van der Waals surface area contributed by atoms with E-state index in [1.54, 1.807) is 6.07 Å². The van der Waals surface area contributed by atoms with E-state index in [1.807, 2.05) is 0 Å². The number of phenols is 1. The standard InChI is InChI=1S/C13H19FO3/c14-12-10-11(5-6-13(12)16)4-3-9-17-8-2-1-7-15/h5-6,10,15-16H,1-4,7-9H2. The van der Waals surface area contributed by atoms with Gasteiger partial charge in [0, 0.05) is 19.8 Å².